The molecule has 0 spiro atoms. The quantitative estimate of drug-likeness (QED) is 0.671. The van der Waals surface area contributed by atoms with Crippen LogP contribution in [0.15, 0.2) is 42.5 Å². The Bertz CT molecular complexity index is 738. The summed E-state index contributed by atoms with van der Waals surface area (Å²) in [5.41, 5.74) is 3.47. The first-order chi connectivity index (χ1) is 11.7. The van der Waals surface area contributed by atoms with Gasteiger partial charge in [-0.05, 0) is 53.9 Å². The lowest BCUT2D eigenvalue weighted by molar-refractivity contribution is 0.415. The van der Waals surface area contributed by atoms with Crippen molar-refractivity contribution in [3.8, 4) is 5.75 Å². The summed E-state index contributed by atoms with van der Waals surface area (Å²) >= 11 is 11.5. The Morgan fingerprint density at radius 1 is 1.12 bits per heavy atom. The monoisotopic (exact) mass is 376 g/mol. The number of hydrogen-bond donors (Lipinski definition) is 2. The summed E-state index contributed by atoms with van der Waals surface area (Å²) < 4.78 is 5.15. The average molecular weight is 377 g/mol. The molecule has 2 aromatic carbocycles. The summed E-state index contributed by atoms with van der Waals surface area (Å²) in [5, 5.41) is 7.54. The van der Waals surface area contributed by atoms with Crippen molar-refractivity contribution in [3.05, 3.63) is 58.6 Å². The molecule has 0 fully saturated rings. The van der Waals surface area contributed by atoms with Crippen LogP contribution in [0.2, 0.25) is 5.02 Å². The number of nitrogens with one attached hydrogen (secondary N) is 2. The highest BCUT2D eigenvalue weighted by molar-refractivity contribution is 7.80. The minimum atomic E-state index is 0.0998. The Hall–Kier alpha value is -1.78. The van der Waals surface area contributed by atoms with E-state index in [1.165, 1.54) is 11.1 Å². The van der Waals surface area contributed by atoms with Gasteiger partial charge < -0.3 is 15.4 Å². The average Bonchev–Trinajstić information content (AvgIpc) is 2.54. The summed E-state index contributed by atoms with van der Waals surface area (Å²) in [6.45, 7) is 8.72. The minimum Gasteiger partial charge on any atom is -0.495 e. The highest BCUT2D eigenvalue weighted by Crippen LogP contribution is 2.27. The molecule has 3 nitrogen and oxygen atoms in total. The van der Waals surface area contributed by atoms with E-state index in [-0.39, 0.29) is 11.5 Å². The van der Waals surface area contributed by atoms with Gasteiger partial charge in [0.15, 0.2) is 5.11 Å². The number of ether oxygens (including phenoxy) is 1. The molecular weight excluding hydrogens is 352 g/mol. The third kappa shape index (κ3) is 5.35. The number of benzene rings is 2. The predicted molar refractivity (Wildman–Crippen MR) is 111 cm³/mol. The molecule has 5 heteroatoms. The molecule has 0 saturated carbocycles. The van der Waals surface area contributed by atoms with Crippen LogP contribution in [-0.2, 0) is 5.41 Å². The van der Waals surface area contributed by atoms with Crippen LogP contribution in [0.5, 0.6) is 5.75 Å². The van der Waals surface area contributed by atoms with E-state index in [4.69, 9.17) is 28.6 Å². The van der Waals surface area contributed by atoms with Gasteiger partial charge in [0.25, 0.3) is 0 Å². The second-order valence-corrected chi connectivity index (χ2v) is 7.86. The van der Waals surface area contributed by atoms with Gasteiger partial charge in [-0.2, -0.15) is 0 Å². The molecule has 0 heterocycles. The molecule has 2 aromatic rings. The van der Waals surface area contributed by atoms with Crippen molar-refractivity contribution in [1.82, 2.24) is 5.32 Å². The van der Waals surface area contributed by atoms with E-state index in [9.17, 15) is 0 Å². The van der Waals surface area contributed by atoms with Crippen molar-refractivity contribution < 1.29 is 4.74 Å². The van der Waals surface area contributed by atoms with E-state index in [2.05, 4.69) is 62.6 Å². The van der Waals surface area contributed by atoms with Crippen LogP contribution in [0, 0.1) is 0 Å². The van der Waals surface area contributed by atoms with Gasteiger partial charge in [-0.3, -0.25) is 0 Å². The summed E-state index contributed by atoms with van der Waals surface area (Å²) in [4.78, 5) is 0. The normalized spacial score (nSPS) is 12.4. The highest BCUT2D eigenvalue weighted by atomic mass is 35.5. The lowest BCUT2D eigenvalue weighted by Crippen LogP contribution is -2.30. The molecule has 0 aliphatic rings. The number of anilines is 1. The smallest absolute Gasteiger partial charge is 0.171 e. The molecule has 134 valence electrons. The number of halogens is 1. The molecular formula is C20H25ClN2OS. The largest absolute Gasteiger partial charge is 0.495 e. The van der Waals surface area contributed by atoms with Crippen LogP contribution < -0.4 is 15.4 Å². The molecule has 0 aromatic heterocycles. The molecule has 0 amide bonds. The Morgan fingerprint density at radius 3 is 2.28 bits per heavy atom. The van der Waals surface area contributed by atoms with E-state index < -0.39 is 0 Å². The first-order valence-corrected chi connectivity index (χ1v) is 9.01. The summed E-state index contributed by atoms with van der Waals surface area (Å²) in [6.07, 6.45) is 0. The Morgan fingerprint density at radius 2 is 1.76 bits per heavy atom. The van der Waals surface area contributed by atoms with Gasteiger partial charge >= 0.3 is 0 Å². The molecule has 0 aliphatic heterocycles. The van der Waals surface area contributed by atoms with Gasteiger partial charge in [-0.15, -0.1) is 0 Å². The van der Waals surface area contributed by atoms with Crippen molar-refractivity contribution in [2.45, 2.75) is 39.2 Å². The van der Waals surface area contributed by atoms with Crippen LogP contribution in [0.1, 0.15) is 44.9 Å². The van der Waals surface area contributed by atoms with Gasteiger partial charge in [0, 0.05) is 5.69 Å². The number of hydrogen-bond acceptors (Lipinski definition) is 2. The van der Waals surface area contributed by atoms with Crippen molar-refractivity contribution in [1.29, 1.82) is 0 Å². The summed E-state index contributed by atoms with van der Waals surface area (Å²) in [5.74, 6) is 0.637. The van der Waals surface area contributed by atoms with Crippen LogP contribution in [0.3, 0.4) is 0 Å². The molecule has 0 bridgehead atoms. The fraction of sp³-hybridized carbons (Fsp3) is 0.350. The molecule has 1 unspecified atom stereocenters. The van der Waals surface area contributed by atoms with E-state index in [0.29, 0.717) is 15.9 Å². The lowest BCUT2D eigenvalue weighted by atomic mass is 9.86. The Labute approximate surface area is 160 Å². The molecule has 25 heavy (non-hydrogen) atoms. The second kappa shape index (κ2) is 8.07. The van der Waals surface area contributed by atoms with Crippen LogP contribution in [0.4, 0.5) is 5.69 Å². The van der Waals surface area contributed by atoms with Gasteiger partial charge in [-0.1, -0.05) is 56.6 Å². The number of rotatable bonds is 4. The third-order valence-electron chi connectivity index (χ3n) is 4.03. The number of methoxy groups -OCH3 is 1. The highest BCUT2D eigenvalue weighted by Gasteiger charge is 2.14. The minimum absolute atomic E-state index is 0.0998. The molecule has 0 radical (unpaired) electrons. The SMILES string of the molecule is COc1ccc(NC(=S)NC(C)c2ccc(C(C)(C)C)cc2)cc1Cl. The van der Waals surface area contributed by atoms with E-state index >= 15 is 0 Å². The zero-order valence-electron chi connectivity index (χ0n) is 15.3. The van der Waals surface area contributed by atoms with Crippen LogP contribution in [-0.4, -0.2) is 12.2 Å². The topological polar surface area (TPSA) is 33.3 Å². The first kappa shape index (κ1) is 19.5. The maximum absolute atomic E-state index is 6.14. The molecule has 1 atom stereocenters. The fourth-order valence-corrected chi connectivity index (χ4v) is 3.02. The Kier molecular flexibility index (Phi) is 6.31. The summed E-state index contributed by atoms with van der Waals surface area (Å²) in [6, 6.07) is 14.2. The molecule has 0 saturated heterocycles. The van der Waals surface area contributed by atoms with Crippen molar-refractivity contribution in [2.24, 2.45) is 0 Å². The van der Waals surface area contributed by atoms with Crippen molar-refractivity contribution in [3.63, 3.8) is 0 Å². The first-order valence-electron chi connectivity index (χ1n) is 8.22. The second-order valence-electron chi connectivity index (χ2n) is 7.04. The maximum atomic E-state index is 6.14. The van der Waals surface area contributed by atoms with E-state index in [1.807, 2.05) is 12.1 Å². The van der Waals surface area contributed by atoms with E-state index in [1.54, 1.807) is 13.2 Å². The predicted octanol–water partition coefficient (Wildman–Crippen LogP) is 5.69. The Balaban J connectivity index is 1.99. The fourth-order valence-electron chi connectivity index (χ4n) is 2.46. The standard InChI is InChI=1S/C20H25ClN2OS/c1-13(14-6-8-15(9-7-14)20(2,3)4)22-19(25)23-16-10-11-18(24-5)17(21)12-16/h6-13H,1-5H3,(H2,22,23,25). The van der Waals surface area contributed by atoms with E-state index in [0.717, 1.165) is 5.69 Å². The molecule has 0 aliphatic carbocycles. The van der Waals surface area contributed by atoms with Gasteiger partial charge in [0.2, 0.25) is 0 Å². The number of thiocarbonyl (C=S) groups is 1. The lowest BCUT2D eigenvalue weighted by Gasteiger charge is -2.21. The van der Waals surface area contributed by atoms with Crippen LogP contribution >= 0.6 is 23.8 Å². The van der Waals surface area contributed by atoms with Crippen molar-refractivity contribution in [2.75, 3.05) is 12.4 Å². The third-order valence-corrected chi connectivity index (χ3v) is 4.55. The van der Waals surface area contributed by atoms with Gasteiger partial charge in [0.05, 0.1) is 18.2 Å². The van der Waals surface area contributed by atoms with Gasteiger partial charge in [0.1, 0.15) is 5.75 Å². The van der Waals surface area contributed by atoms with Crippen molar-refractivity contribution >= 4 is 34.6 Å². The zero-order valence-corrected chi connectivity index (χ0v) is 16.9. The molecule has 2 N–H and O–H groups in total. The van der Waals surface area contributed by atoms with Crippen LogP contribution in [0.25, 0.3) is 0 Å². The maximum Gasteiger partial charge on any atom is 0.171 e. The summed E-state index contributed by atoms with van der Waals surface area (Å²) in [7, 11) is 1.59. The zero-order chi connectivity index (χ0) is 18.6. The van der Waals surface area contributed by atoms with Gasteiger partial charge in [-0.25, -0.2) is 0 Å². The molecule has 2 rings (SSSR count).